The molecule has 4 N–H and O–H groups in total. The molecule has 20 heavy (non-hydrogen) atoms. The molecule has 0 unspecified atom stereocenters. The number of carbonyl (C=O) groups excluding carboxylic acids is 1. The summed E-state index contributed by atoms with van der Waals surface area (Å²) in [5.74, 6) is -1.38. The maximum Gasteiger partial charge on any atom is 0.311 e. The molecule has 2 rings (SSSR count). The number of aliphatic carboxylic acids is 1. The first-order valence-electron chi connectivity index (χ1n) is 6.35. The van der Waals surface area contributed by atoms with Crippen molar-refractivity contribution < 1.29 is 19.4 Å². The molecule has 0 aromatic carbocycles. The summed E-state index contributed by atoms with van der Waals surface area (Å²) in [4.78, 5) is 27.3. The molecule has 1 aliphatic heterocycles. The molecule has 0 bridgehead atoms. The molecule has 0 radical (unpaired) electrons. The molecular weight excluding hydrogens is 262 g/mol. The Kier molecular flexibility index (Phi) is 4.19. The summed E-state index contributed by atoms with van der Waals surface area (Å²) in [6, 6.07) is 3.20. The van der Waals surface area contributed by atoms with Gasteiger partial charge in [0.2, 0.25) is 0 Å². The van der Waals surface area contributed by atoms with E-state index in [1.165, 1.54) is 6.20 Å². The third kappa shape index (κ3) is 2.88. The Morgan fingerprint density at radius 2 is 2.15 bits per heavy atom. The highest BCUT2D eigenvalue weighted by atomic mass is 16.5. The molecule has 7 heteroatoms. The van der Waals surface area contributed by atoms with Crippen LogP contribution in [0.15, 0.2) is 18.3 Å². The minimum Gasteiger partial charge on any atom is -0.481 e. The van der Waals surface area contributed by atoms with E-state index in [1.54, 1.807) is 12.1 Å². The smallest absolute Gasteiger partial charge is 0.311 e. The van der Waals surface area contributed by atoms with Crippen molar-refractivity contribution in [2.45, 2.75) is 12.8 Å². The van der Waals surface area contributed by atoms with E-state index in [2.05, 4.69) is 10.3 Å². The van der Waals surface area contributed by atoms with Crippen LogP contribution >= 0.6 is 0 Å². The number of pyridine rings is 1. The Hall–Kier alpha value is -2.15. The molecule has 1 aromatic heterocycles. The largest absolute Gasteiger partial charge is 0.481 e. The third-order valence-electron chi connectivity index (χ3n) is 3.54. The maximum absolute atomic E-state index is 12.0. The van der Waals surface area contributed by atoms with Gasteiger partial charge in [-0.25, -0.2) is 4.98 Å². The van der Waals surface area contributed by atoms with E-state index in [0.29, 0.717) is 26.1 Å². The van der Waals surface area contributed by atoms with Gasteiger partial charge in [-0.1, -0.05) is 0 Å². The van der Waals surface area contributed by atoms with Gasteiger partial charge < -0.3 is 20.9 Å². The molecule has 1 saturated heterocycles. The zero-order valence-electron chi connectivity index (χ0n) is 11.0. The quantitative estimate of drug-likeness (QED) is 0.729. The number of carbonyl (C=O) groups is 2. The number of anilines is 1. The SMILES string of the molecule is Nc1cccnc1C(=O)NCC1(C(=O)O)CCOCC1. The summed E-state index contributed by atoms with van der Waals surface area (Å²) in [7, 11) is 0. The lowest BCUT2D eigenvalue weighted by atomic mass is 9.80. The summed E-state index contributed by atoms with van der Waals surface area (Å²) >= 11 is 0. The average Bonchev–Trinajstić information content (AvgIpc) is 2.46. The monoisotopic (exact) mass is 279 g/mol. The molecule has 0 spiro atoms. The first-order valence-corrected chi connectivity index (χ1v) is 6.35. The fraction of sp³-hybridized carbons (Fsp3) is 0.462. The molecule has 0 aliphatic carbocycles. The topological polar surface area (TPSA) is 115 Å². The van der Waals surface area contributed by atoms with Crippen LogP contribution in [0, 0.1) is 5.41 Å². The first kappa shape index (κ1) is 14.3. The summed E-state index contributed by atoms with van der Waals surface area (Å²) in [6.45, 7) is 0.808. The second-order valence-corrected chi connectivity index (χ2v) is 4.82. The molecule has 108 valence electrons. The number of aromatic nitrogens is 1. The van der Waals surface area contributed by atoms with Crippen LogP contribution in [0.5, 0.6) is 0 Å². The molecule has 1 fully saturated rings. The van der Waals surface area contributed by atoms with Crippen molar-refractivity contribution in [3.05, 3.63) is 24.0 Å². The minimum atomic E-state index is -0.975. The van der Waals surface area contributed by atoms with Crippen molar-refractivity contribution >= 4 is 17.6 Å². The number of carboxylic acid groups (broad SMARTS) is 1. The molecule has 1 aliphatic rings. The number of nitrogen functional groups attached to an aromatic ring is 1. The van der Waals surface area contributed by atoms with Crippen molar-refractivity contribution in [1.29, 1.82) is 0 Å². The van der Waals surface area contributed by atoms with Crippen LogP contribution < -0.4 is 11.1 Å². The van der Waals surface area contributed by atoms with Crippen LogP contribution in [0.1, 0.15) is 23.3 Å². The van der Waals surface area contributed by atoms with E-state index < -0.39 is 17.3 Å². The minimum absolute atomic E-state index is 0.0422. The van der Waals surface area contributed by atoms with Gasteiger partial charge in [0.1, 0.15) is 0 Å². The molecule has 2 heterocycles. The van der Waals surface area contributed by atoms with Crippen molar-refractivity contribution in [2.24, 2.45) is 5.41 Å². The molecule has 1 aromatic rings. The normalized spacial score (nSPS) is 17.4. The summed E-state index contributed by atoms with van der Waals surface area (Å²) in [5.41, 5.74) is 5.06. The number of rotatable bonds is 4. The van der Waals surface area contributed by atoms with Gasteiger partial charge in [-0.15, -0.1) is 0 Å². The highest BCUT2D eigenvalue weighted by Crippen LogP contribution is 2.30. The summed E-state index contributed by atoms with van der Waals surface area (Å²) in [6.07, 6.45) is 2.22. The molecule has 0 saturated carbocycles. The Morgan fingerprint density at radius 1 is 1.45 bits per heavy atom. The van der Waals surface area contributed by atoms with Crippen LogP contribution in [-0.2, 0) is 9.53 Å². The summed E-state index contributed by atoms with van der Waals surface area (Å²) in [5, 5.41) is 12.0. The fourth-order valence-corrected chi connectivity index (χ4v) is 2.17. The Balaban J connectivity index is 2.05. The molecule has 0 atom stereocenters. The van der Waals surface area contributed by atoms with Crippen LogP contribution in [0.3, 0.4) is 0 Å². The average molecular weight is 279 g/mol. The number of nitrogens with two attached hydrogens (primary N) is 1. The lowest BCUT2D eigenvalue weighted by Gasteiger charge is -2.33. The number of nitrogens with one attached hydrogen (secondary N) is 1. The van der Waals surface area contributed by atoms with Gasteiger partial charge >= 0.3 is 5.97 Å². The van der Waals surface area contributed by atoms with Gasteiger partial charge in [0.25, 0.3) is 5.91 Å². The van der Waals surface area contributed by atoms with Crippen LogP contribution in [-0.4, -0.2) is 41.7 Å². The highest BCUT2D eigenvalue weighted by molar-refractivity contribution is 5.97. The molecular formula is C13H17N3O4. The van der Waals surface area contributed by atoms with E-state index in [-0.39, 0.29) is 17.9 Å². The van der Waals surface area contributed by atoms with Gasteiger partial charge in [-0.05, 0) is 25.0 Å². The van der Waals surface area contributed by atoms with E-state index in [9.17, 15) is 14.7 Å². The maximum atomic E-state index is 12.0. The molecule has 7 nitrogen and oxygen atoms in total. The van der Waals surface area contributed by atoms with Crippen molar-refractivity contribution in [3.63, 3.8) is 0 Å². The number of hydrogen-bond acceptors (Lipinski definition) is 5. The molecule has 1 amide bonds. The number of ether oxygens (including phenoxy) is 1. The van der Waals surface area contributed by atoms with E-state index >= 15 is 0 Å². The van der Waals surface area contributed by atoms with Gasteiger partial charge in [0.15, 0.2) is 5.69 Å². The van der Waals surface area contributed by atoms with Crippen molar-refractivity contribution in [3.8, 4) is 0 Å². The van der Waals surface area contributed by atoms with Crippen LogP contribution in [0.4, 0.5) is 5.69 Å². The van der Waals surface area contributed by atoms with E-state index in [0.717, 1.165) is 0 Å². The van der Waals surface area contributed by atoms with E-state index in [4.69, 9.17) is 10.5 Å². The standard InChI is InChI=1S/C13H17N3O4/c14-9-2-1-5-15-10(9)11(17)16-8-13(12(18)19)3-6-20-7-4-13/h1-2,5H,3-4,6-8,14H2,(H,16,17)(H,18,19). The van der Waals surface area contributed by atoms with Crippen molar-refractivity contribution in [2.75, 3.05) is 25.5 Å². The second kappa shape index (κ2) is 5.87. The number of nitrogens with zero attached hydrogens (tertiary/aromatic N) is 1. The van der Waals surface area contributed by atoms with Gasteiger partial charge in [0, 0.05) is 26.0 Å². The Bertz CT molecular complexity index is 512. The number of hydrogen-bond donors (Lipinski definition) is 3. The fourth-order valence-electron chi connectivity index (χ4n) is 2.17. The van der Waals surface area contributed by atoms with E-state index in [1.807, 2.05) is 0 Å². The first-order chi connectivity index (χ1) is 9.55. The van der Waals surface area contributed by atoms with Crippen molar-refractivity contribution in [1.82, 2.24) is 10.3 Å². The Labute approximate surface area is 116 Å². The van der Waals surface area contributed by atoms with Gasteiger partial charge in [-0.2, -0.15) is 0 Å². The Morgan fingerprint density at radius 3 is 2.75 bits per heavy atom. The summed E-state index contributed by atoms with van der Waals surface area (Å²) < 4.78 is 5.18. The third-order valence-corrected chi connectivity index (χ3v) is 3.54. The lowest BCUT2D eigenvalue weighted by molar-refractivity contribution is -0.154. The van der Waals surface area contributed by atoms with Gasteiger partial charge in [0.05, 0.1) is 11.1 Å². The van der Waals surface area contributed by atoms with Crippen LogP contribution in [0.2, 0.25) is 0 Å². The highest BCUT2D eigenvalue weighted by Gasteiger charge is 2.40. The number of amides is 1. The predicted molar refractivity (Wildman–Crippen MR) is 71.1 cm³/mol. The number of carboxylic acids is 1. The zero-order valence-corrected chi connectivity index (χ0v) is 11.0. The van der Waals surface area contributed by atoms with Crippen LogP contribution in [0.25, 0.3) is 0 Å². The lowest BCUT2D eigenvalue weighted by Crippen LogP contribution is -2.46. The second-order valence-electron chi connectivity index (χ2n) is 4.82. The van der Waals surface area contributed by atoms with Gasteiger partial charge in [-0.3, -0.25) is 9.59 Å². The predicted octanol–water partition coefficient (Wildman–Crippen LogP) is 0.275. The zero-order chi connectivity index (χ0) is 14.6.